The van der Waals surface area contributed by atoms with Crippen molar-refractivity contribution in [2.24, 2.45) is 0 Å². The average Bonchev–Trinajstić information content (AvgIpc) is 2.24. The van der Waals surface area contributed by atoms with Crippen LogP contribution < -0.4 is 24.0 Å². The van der Waals surface area contributed by atoms with E-state index in [1.165, 1.54) is 0 Å². The average molecular weight is 333 g/mol. The van der Waals surface area contributed by atoms with Crippen molar-refractivity contribution in [3.8, 4) is 0 Å². The summed E-state index contributed by atoms with van der Waals surface area (Å²) >= 11 is 0. The van der Waals surface area contributed by atoms with E-state index in [9.17, 15) is 0 Å². The van der Waals surface area contributed by atoms with Crippen molar-refractivity contribution in [3.63, 3.8) is 0 Å². The van der Waals surface area contributed by atoms with E-state index in [-0.39, 0.29) is 41.3 Å². The molecule has 1 radical (unpaired) electrons. The fourth-order valence-electron chi connectivity index (χ4n) is 0.684. The van der Waals surface area contributed by atoms with Crippen LogP contribution in [0.5, 0.6) is 0 Å². The molecule has 0 aliphatic carbocycles. The van der Waals surface area contributed by atoms with Gasteiger partial charge in [-0.3, -0.25) is 0 Å². The molecule has 0 saturated carbocycles. The van der Waals surface area contributed by atoms with Crippen molar-refractivity contribution in [2.45, 2.75) is 0 Å². The summed E-state index contributed by atoms with van der Waals surface area (Å²) in [6.07, 6.45) is 0. The first-order valence-corrected chi connectivity index (χ1v) is 3.82. The van der Waals surface area contributed by atoms with Crippen LogP contribution in [0, 0.1) is 12.1 Å². The minimum absolute atomic E-state index is 0. The van der Waals surface area contributed by atoms with Crippen molar-refractivity contribution in [3.05, 3.63) is 72.8 Å². The molecule has 0 fully saturated rings. The Morgan fingerprint density at radius 1 is 0.500 bits per heavy atom. The van der Waals surface area contributed by atoms with E-state index < -0.39 is 0 Å². The van der Waals surface area contributed by atoms with E-state index in [2.05, 4.69) is 12.1 Å². The first kappa shape index (κ1) is 16.1. The first-order chi connectivity index (χ1) is 6.00. The molecule has 0 spiro atoms. The zero-order valence-electron chi connectivity index (χ0n) is 7.56. The molecule has 2 aromatic carbocycles. The molecule has 0 bridgehead atoms. The van der Waals surface area contributed by atoms with Crippen LogP contribution in [0.2, 0.25) is 0 Å². The molecule has 0 saturated heterocycles. The zero-order valence-corrected chi connectivity index (χ0v) is 11.0. The summed E-state index contributed by atoms with van der Waals surface area (Å²) in [6.45, 7) is 0. The van der Waals surface area contributed by atoms with Gasteiger partial charge in [0.15, 0.2) is 0 Å². The van der Waals surface area contributed by atoms with Gasteiger partial charge in [-0.25, -0.2) is 0 Å². The number of benzene rings is 2. The monoisotopic (exact) mass is 333 g/mol. The number of hydrogen-bond donors (Lipinski definition) is 0. The fraction of sp³-hybridized carbons (Fsp3) is 0. The summed E-state index contributed by atoms with van der Waals surface area (Å²) in [5.74, 6) is 0. The Hall–Kier alpha value is -0.298. The Balaban J connectivity index is 0. The Morgan fingerprint density at radius 2 is 0.786 bits per heavy atom. The Labute approximate surface area is 114 Å². The van der Waals surface area contributed by atoms with Crippen molar-refractivity contribution >= 4 is 0 Å². The van der Waals surface area contributed by atoms with E-state index in [4.69, 9.17) is 0 Å². The molecule has 0 aliphatic rings. The Bertz CT molecular complexity index is 186. The molecule has 0 atom stereocenters. The van der Waals surface area contributed by atoms with Gasteiger partial charge >= 0.3 is 17.4 Å². The maximum absolute atomic E-state index is 2.89. The molecule has 0 heterocycles. The van der Waals surface area contributed by atoms with Crippen LogP contribution in [0.3, 0.4) is 0 Å². The molecular formula is C12H10CrI. The third-order valence-electron chi connectivity index (χ3n) is 1.21. The smallest absolute Gasteiger partial charge is 1.00 e. The molecule has 0 nitrogen and oxygen atoms in total. The SMILES string of the molecule is [Cr+3].[I-].[c-]1ccccc1.[c-]1ccccc1. The molecule has 0 unspecified atom stereocenters. The minimum atomic E-state index is 0. The van der Waals surface area contributed by atoms with Crippen molar-refractivity contribution in [2.75, 3.05) is 0 Å². The Morgan fingerprint density at radius 3 is 0.857 bits per heavy atom. The van der Waals surface area contributed by atoms with E-state index in [0.717, 1.165) is 0 Å². The molecule has 14 heavy (non-hydrogen) atoms. The standard InChI is InChI=1S/2C6H5.Cr.HI/c2*1-2-4-6-5-3-1;;/h2*1-5H;;1H/q2*-1;+3;/p-1. The van der Waals surface area contributed by atoms with Gasteiger partial charge in [-0.15, -0.1) is 0 Å². The molecule has 2 rings (SSSR count). The van der Waals surface area contributed by atoms with Crippen LogP contribution in [0.1, 0.15) is 0 Å². The molecule has 0 aliphatic heterocycles. The van der Waals surface area contributed by atoms with Crippen LogP contribution >= 0.6 is 0 Å². The van der Waals surface area contributed by atoms with Gasteiger partial charge in [0.1, 0.15) is 0 Å². The third-order valence-corrected chi connectivity index (χ3v) is 1.21. The quantitative estimate of drug-likeness (QED) is 0.470. The van der Waals surface area contributed by atoms with Gasteiger partial charge in [0.05, 0.1) is 0 Å². The van der Waals surface area contributed by atoms with Gasteiger partial charge in [-0.1, -0.05) is 0 Å². The zero-order chi connectivity index (χ0) is 8.49. The third kappa shape index (κ3) is 9.79. The van der Waals surface area contributed by atoms with Gasteiger partial charge in [0.2, 0.25) is 0 Å². The topological polar surface area (TPSA) is 0 Å². The molecule has 0 N–H and O–H groups in total. The van der Waals surface area contributed by atoms with E-state index in [1.807, 2.05) is 60.7 Å². The number of rotatable bonds is 0. The predicted molar refractivity (Wildman–Crippen MR) is 50.6 cm³/mol. The molecule has 71 valence electrons. The molecule has 0 amide bonds. The molecule has 2 aromatic rings. The summed E-state index contributed by atoms with van der Waals surface area (Å²) in [4.78, 5) is 0. The number of hydrogen-bond acceptors (Lipinski definition) is 0. The summed E-state index contributed by atoms with van der Waals surface area (Å²) in [5.41, 5.74) is 0. The number of halogens is 1. The molecule has 2 heteroatoms. The summed E-state index contributed by atoms with van der Waals surface area (Å²) in [6, 6.07) is 25.0. The minimum Gasteiger partial charge on any atom is -1.00 e. The van der Waals surface area contributed by atoms with Crippen LogP contribution in [-0.2, 0) is 17.4 Å². The van der Waals surface area contributed by atoms with Gasteiger partial charge in [0.25, 0.3) is 0 Å². The fourth-order valence-corrected chi connectivity index (χ4v) is 0.684. The van der Waals surface area contributed by atoms with E-state index in [0.29, 0.717) is 0 Å². The predicted octanol–water partition coefficient (Wildman–Crippen LogP) is -0.0249. The van der Waals surface area contributed by atoms with Crippen molar-refractivity contribution in [1.29, 1.82) is 0 Å². The van der Waals surface area contributed by atoms with Crippen molar-refractivity contribution < 1.29 is 41.3 Å². The van der Waals surface area contributed by atoms with Crippen LogP contribution in [0.15, 0.2) is 60.7 Å². The summed E-state index contributed by atoms with van der Waals surface area (Å²) in [5, 5.41) is 0. The van der Waals surface area contributed by atoms with Gasteiger partial charge in [0, 0.05) is 0 Å². The largest absolute Gasteiger partial charge is 3.00 e. The molecular weight excluding hydrogens is 323 g/mol. The molecule has 0 aromatic heterocycles. The first-order valence-electron chi connectivity index (χ1n) is 3.82. The maximum atomic E-state index is 2.89. The summed E-state index contributed by atoms with van der Waals surface area (Å²) in [7, 11) is 0. The van der Waals surface area contributed by atoms with E-state index in [1.54, 1.807) is 0 Å². The Kier molecular flexibility index (Phi) is 14.6. The van der Waals surface area contributed by atoms with Crippen LogP contribution in [-0.4, -0.2) is 0 Å². The van der Waals surface area contributed by atoms with Crippen LogP contribution in [0.4, 0.5) is 0 Å². The van der Waals surface area contributed by atoms with Crippen molar-refractivity contribution in [1.82, 2.24) is 0 Å². The second-order valence-electron chi connectivity index (χ2n) is 2.15. The summed E-state index contributed by atoms with van der Waals surface area (Å²) < 4.78 is 0. The second kappa shape index (κ2) is 12.7. The second-order valence-corrected chi connectivity index (χ2v) is 2.15. The van der Waals surface area contributed by atoms with Crippen LogP contribution in [0.25, 0.3) is 0 Å². The maximum Gasteiger partial charge on any atom is 3.00 e. The van der Waals surface area contributed by atoms with Gasteiger partial charge in [-0.05, 0) is 0 Å². The van der Waals surface area contributed by atoms with Gasteiger partial charge in [-0.2, -0.15) is 72.8 Å². The van der Waals surface area contributed by atoms with Gasteiger partial charge < -0.3 is 24.0 Å². The van der Waals surface area contributed by atoms with E-state index >= 15 is 0 Å². The normalized spacial score (nSPS) is 6.86.